The van der Waals surface area contributed by atoms with Gasteiger partial charge in [0.1, 0.15) is 5.75 Å². The lowest BCUT2D eigenvalue weighted by atomic mass is 9.93. The highest BCUT2D eigenvalue weighted by molar-refractivity contribution is 5.94. The second-order valence-electron chi connectivity index (χ2n) is 11.3. The molecule has 0 aromatic heterocycles. The van der Waals surface area contributed by atoms with Crippen molar-refractivity contribution in [3.63, 3.8) is 0 Å². The largest absolute Gasteiger partial charge is 0.494 e. The van der Waals surface area contributed by atoms with Crippen molar-refractivity contribution in [2.75, 3.05) is 31.8 Å². The Morgan fingerprint density at radius 2 is 1.74 bits per heavy atom. The van der Waals surface area contributed by atoms with Crippen LogP contribution in [-0.4, -0.2) is 37.3 Å². The first kappa shape index (κ1) is 29.9. The van der Waals surface area contributed by atoms with Crippen LogP contribution in [0.2, 0.25) is 0 Å². The molecule has 1 fully saturated rings. The molecule has 1 amide bonds. The fourth-order valence-electron chi connectivity index (χ4n) is 6.16. The molecule has 0 radical (unpaired) electrons. The number of rotatable bonds is 13. The number of aryl methyl sites for hydroxylation is 2. The summed E-state index contributed by atoms with van der Waals surface area (Å²) < 4.78 is 31.6. The zero-order valence-electron chi connectivity index (χ0n) is 25.1. The van der Waals surface area contributed by atoms with Crippen molar-refractivity contribution in [3.8, 4) is 17.2 Å². The fourth-order valence-corrected chi connectivity index (χ4v) is 6.16. The van der Waals surface area contributed by atoms with Crippen LogP contribution in [0.5, 0.6) is 17.2 Å². The average Bonchev–Trinajstić information content (AvgIpc) is 3.65. The maximum Gasteiger partial charge on any atom is 0.238 e. The number of nitrogens with zero attached hydrogens (tertiary/aromatic N) is 1. The zero-order valence-corrected chi connectivity index (χ0v) is 25.1. The highest BCUT2D eigenvalue weighted by atomic mass is 19.1. The van der Waals surface area contributed by atoms with E-state index in [2.05, 4.69) is 61.3 Å². The summed E-state index contributed by atoms with van der Waals surface area (Å²) in [6.07, 6.45) is 7.12. The van der Waals surface area contributed by atoms with Crippen molar-refractivity contribution in [1.29, 1.82) is 0 Å². The van der Waals surface area contributed by atoms with E-state index in [0.29, 0.717) is 18.9 Å². The molecule has 0 saturated carbocycles. The van der Waals surface area contributed by atoms with Crippen molar-refractivity contribution in [2.24, 2.45) is 0 Å². The van der Waals surface area contributed by atoms with Gasteiger partial charge in [-0.1, -0.05) is 70.4 Å². The van der Waals surface area contributed by atoms with Crippen LogP contribution in [0.1, 0.15) is 87.1 Å². The molecule has 0 aliphatic carbocycles. The molecule has 0 spiro atoms. The highest BCUT2D eigenvalue weighted by Crippen LogP contribution is 2.44. The first-order chi connectivity index (χ1) is 20.5. The van der Waals surface area contributed by atoms with Crippen molar-refractivity contribution in [2.45, 2.75) is 77.7 Å². The van der Waals surface area contributed by atoms with Gasteiger partial charge in [0, 0.05) is 18.3 Å². The number of benzene rings is 3. The van der Waals surface area contributed by atoms with E-state index in [0.717, 1.165) is 59.4 Å². The number of carbonyl (C=O) groups excluding carboxylic acids is 1. The van der Waals surface area contributed by atoms with Crippen LogP contribution in [-0.2, 0) is 17.6 Å². The first-order valence-corrected chi connectivity index (χ1v) is 15.5. The van der Waals surface area contributed by atoms with Crippen LogP contribution in [0.4, 0.5) is 10.1 Å². The minimum atomic E-state index is -0.406. The SMILES string of the molecule is CCCCCCOc1ccc([C@H]2C[C@@H](c3cc(F)c4c(c3)OCO4)CN2CC(=O)Nc2c(CC)cccc2CC)cc1. The van der Waals surface area contributed by atoms with Crippen LogP contribution in [0.3, 0.4) is 0 Å². The molecular formula is C35H43FN2O4. The molecule has 1 saturated heterocycles. The number of ether oxygens (including phenoxy) is 3. The predicted molar refractivity (Wildman–Crippen MR) is 164 cm³/mol. The van der Waals surface area contributed by atoms with Gasteiger partial charge in [0.25, 0.3) is 0 Å². The number of halogens is 1. The standard InChI is InChI=1S/C35H43FN2O4/c1-4-7-8-9-17-40-29-15-13-26(14-16-29)31-19-28(27-18-30(36)35-32(20-27)41-23-42-35)21-38(31)22-33(39)37-34-24(5-2)11-10-12-25(34)6-3/h10-16,18,20,28,31H,4-9,17,19,21-23H2,1-3H3,(H,37,39)/t28-,31-/m1/s1. The molecule has 2 heterocycles. The van der Waals surface area contributed by atoms with E-state index in [-0.39, 0.29) is 37.0 Å². The van der Waals surface area contributed by atoms with Crippen LogP contribution in [0, 0.1) is 5.82 Å². The average molecular weight is 575 g/mol. The van der Waals surface area contributed by atoms with Gasteiger partial charge >= 0.3 is 0 Å². The fraction of sp³-hybridized carbons (Fsp3) is 0.457. The molecule has 3 aromatic carbocycles. The molecule has 224 valence electrons. The number of fused-ring (bicyclic) bond motifs is 1. The minimum Gasteiger partial charge on any atom is -0.494 e. The highest BCUT2D eigenvalue weighted by Gasteiger charge is 2.36. The Kier molecular flexibility index (Phi) is 10.0. The number of unbranched alkanes of at least 4 members (excludes halogenated alkanes) is 3. The molecule has 2 aliphatic rings. The van der Waals surface area contributed by atoms with Crippen molar-refractivity contribution in [3.05, 3.63) is 82.7 Å². The Balaban J connectivity index is 1.34. The summed E-state index contributed by atoms with van der Waals surface area (Å²) in [6, 6.07) is 17.9. The van der Waals surface area contributed by atoms with Crippen molar-refractivity contribution >= 4 is 11.6 Å². The maximum atomic E-state index is 14.8. The Morgan fingerprint density at radius 1 is 0.976 bits per heavy atom. The summed E-state index contributed by atoms with van der Waals surface area (Å²) in [5, 5.41) is 3.23. The Labute approximate surface area is 249 Å². The normalized spacial score (nSPS) is 17.9. The molecule has 3 aromatic rings. The number of carbonyl (C=O) groups is 1. The van der Waals surface area contributed by atoms with Crippen molar-refractivity contribution in [1.82, 2.24) is 4.90 Å². The van der Waals surface area contributed by atoms with E-state index in [1.165, 1.54) is 19.3 Å². The zero-order chi connectivity index (χ0) is 29.5. The summed E-state index contributed by atoms with van der Waals surface area (Å²) in [5.41, 5.74) is 5.19. The third-order valence-electron chi connectivity index (χ3n) is 8.47. The number of likely N-dealkylation sites (tertiary alicyclic amines) is 1. The van der Waals surface area contributed by atoms with Crippen LogP contribution in [0.15, 0.2) is 54.6 Å². The van der Waals surface area contributed by atoms with E-state index >= 15 is 0 Å². The van der Waals surface area contributed by atoms with E-state index in [1.54, 1.807) is 6.07 Å². The van der Waals surface area contributed by atoms with Crippen LogP contribution in [0.25, 0.3) is 0 Å². The van der Waals surface area contributed by atoms with Gasteiger partial charge in [-0.2, -0.15) is 0 Å². The lowest BCUT2D eigenvalue weighted by Crippen LogP contribution is -2.33. The number of hydrogen-bond acceptors (Lipinski definition) is 5. The molecule has 2 aliphatic heterocycles. The third-order valence-corrected chi connectivity index (χ3v) is 8.47. The molecule has 0 bridgehead atoms. The summed E-state index contributed by atoms with van der Waals surface area (Å²) in [4.78, 5) is 15.7. The summed E-state index contributed by atoms with van der Waals surface area (Å²) in [7, 11) is 0. The van der Waals surface area contributed by atoms with Gasteiger partial charge in [-0.05, 0) is 78.1 Å². The maximum absolute atomic E-state index is 14.8. The topological polar surface area (TPSA) is 60.0 Å². The summed E-state index contributed by atoms with van der Waals surface area (Å²) >= 11 is 0. The Morgan fingerprint density at radius 3 is 2.45 bits per heavy atom. The molecule has 1 N–H and O–H groups in total. The quantitative estimate of drug-likeness (QED) is 0.211. The lowest BCUT2D eigenvalue weighted by Gasteiger charge is -2.25. The van der Waals surface area contributed by atoms with Crippen molar-refractivity contribution < 1.29 is 23.4 Å². The van der Waals surface area contributed by atoms with E-state index in [1.807, 2.05) is 18.2 Å². The molecule has 0 unspecified atom stereocenters. The lowest BCUT2D eigenvalue weighted by molar-refractivity contribution is -0.117. The van der Waals surface area contributed by atoms with Crippen LogP contribution >= 0.6 is 0 Å². The van der Waals surface area contributed by atoms with Gasteiger partial charge in [-0.3, -0.25) is 9.69 Å². The summed E-state index contributed by atoms with van der Waals surface area (Å²) in [5.74, 6) is 1.07. The Bertz CT molecular complexity index is 1340. The molecule has 5 rings (SSSR count). The molecular weight excluding hydrogens is 531 g/mol. The van der Waals surface area contributed by atoms with Gasteiger partial charge < -0.3 is 19.5 Å². The van der Waals surface area contributed by atoms with Gasteiger partial charge in [0.05, 0.1) is 13.2 Å². The number of amides is 1. The molecule has 6 nitrogen and oxygen atoms in total. The van der Waals surface area contributed by atoms with E-state index in [4.69, 9.17) is 14.2 Å². The monoisotopic (exact) mass is 574 g/mol. The molecule has 2 atom stereocenters. The van der Waals surface area contributed by atoms with Gasteiger partial charge in [0.15, 0.2) is 11.6 Å². The molecule has 42 heavy (non-hydrogen) atoms. The Hall–Kier alpha value is -3.58. The van der Waals surface area contributed by atoms with E-state index in [9.17, 15) is 9.18 Å². The molecule has 7 heteroatoms. The van der Waals surface area contributed by atoms with Gasteiger partial charge in [-0.15, -0.1) is 0 Å². The smallest absolute Gasteiger partial charge is 0.238 e. The number of nitrogens with one attached hydrogen (secondary N) is 1. The number of para-hydroxylation sites is 1. The van der Waals surface area contributed by atoms with Gasteiger partial charge in [0.2, 0.25) is 18.4 Å². The minimum absolute atomic E-state index is 0.0000900. The van der Waals surface area contributed by atoms with E-state index < -0.39 is 5.82 Å². The first-order valence-electron chi connectivity index (χ1n) is 15.5. The number of anilines is 1. The predicted octanol–water partition coefficient (Wildman–Crippen LogP) is 7.81. The second-order valence-corrected chi connectivity index (χ2v) is 11.3. The van der Waals surface area contributed by atoms with Gasteiger partial charge in [-0.25, -0.2) is 4.39 Å². The van der Waals surface area contributed by atoms with Crippen LogP contribution < -0.4 is 19.5 Å². The second kappa shape index (κ2) is 14.1. The number of hydrogen-bond donors (Lipinski definition) is 1. The third kappa shape index (κ3) is 6.89. The summed E-state index contributed by atoms with van der Waals surface area (Å²) in [6.45, 7) is 8.03.